The molecule has 5 heteroatoms. The third-order valence-electron chi connectivity index (χ3n) is 5.49. The minimum absolute atomic E-state index is 0.0188. The van der Waals surface area contributed by atoms with Gasteiger partial charge in [0, 0.05) is 37.6 Å². The van der Waals surface area contributed by atoms with E-state index in [-0.39, 0.29) is 11.8 Å². The fraction of sp³-hybridized carbons (Fsp3) is 0.765. The summed E-state index contributed by atoms with van der Waals surface area (Å²) >= 11 is 0. The van der Waals surface area contributed by atoms with E-state index in [4.69, 9.17) is 0 Å². The van der Waals surface area contributed by atoms with Crippen LogP contribution in [-0.4, -0.2) is 57.0 Å². The number of nitrogens with zero attached hydrogens (tertiary/aromatic N) is 4. The molecule has 122 valence electrons. The lowest BCUT2D eigenvalue weighted by molar-refractivity contribution is -0.138. The Bertz CT molecular complexity index is 485. The van der Waals surface area contributed by atoms with Gasteiger partial charge in [-0.1, -0.05) is 6.92 Å². The Hall–Kier alpha value is -1.36. The lowest BCUT2D eigenvalue weighted by Crippen LogP contribution is -2.54. The van der Waals surface area contributed by atoms with Crippen LogP contribution in [0.5, 0.6) is 0 Å². The summed E-state index contributed by atoms with van der Waals surface area (Å²) in [6.07, 6.45) is 10.3. The number of piperidine rings is 1. The molecule has 0 N–H and O–H groups in total. The van der Waals surface area contributed by atoms with E-state index in [1.165, 1.54) is 25.9 Å². The number of rotatable bonds is 4. The summed E-state index contributed by atoms with van der Waals surface area (Å²) in [5, 5.41) is 0. The highest BCUT2D eigenvalue weighted by molar-refractivity contribution is 5.78. The van der Waals surface area contributed by atoms with Crippen LogP contribution in [0.25, 0.3) is 0 Å². The van der Waals surface area contributed by atoms with Crippen molar-refractivity contribution in [3.05, 3.63) is 18.7 Å². The molecule has 2 fully saturated rings. The molecule has 0 aromatic carbocycles. The fourth-order valence-corrected chi connectivity index (χ4v) is 3.88. The first kappa shape index (κ1) is 15.5. The standard InChI is InChI=1S/C17H28N4O/c1-15(13-19-12-7-18-14-19)16(22)20-10-5-17(2,6-11-20)21-8-3-4-9-21/h7,12,14-15H,3-6,8-11,13H2,1-2H3. The van der Waals surface area contributed by atoms with Crippen LogP contribution in [0.2, 0.25) is 0 Å². The Labute approximate surface area is 133 Å². The van der Waals surface area contributed by atoms with Gasteiger partial charge in [0.1, 0.15) is 0 Å². The predicted molar refractivity (Wildman–Crippen MR) is 86.4 cm³/mol. The highest BCUT2D eigenvalue weighted by Crippen LogP contribution is 2.31. The van der Waals surface area contributed by atoms with Gasteiger partial charge >= 0.3 is 0 Å². The molecule has 1 amide bonds. The molecule has 5 nitrogen and oxygen atoms in total. The zero-order valence-corrected chi connectivity index (χ0v) is 13.9. The van der Waals surface area contributed by atoms with Crippen LogP contribution < -0.4 is 0 Å². The van der Waals surface area contributed by atoms with E-state index >= 15 is 0 Å². The maximum absolute atomic E-state index is 12.6. The molecule has 22 heavy (non-hydrogen) atoms. The molecule has 2 aliphatic rings. The summed E-state index contributed by atoms with van der Waals surface area (Å²) in [5.74, 6) is 0.308. The van der Waals surface area contributed by atoms with Gasteiger partial charge in [-0.3, -0.25) is 9.69 Å². The van der Waals surface area contributed by atoms with E-state index in [1.54, 1.807) is 12.5 Å². The number of hydrogen-bond acceptors (Lipinski definition) is 3. The Kier molecular flexibility index (Phi) is 4.52. The van der Waals surface area contributed by atoms with E-state index in [2.05, 4.69) is 21.7 Å². The Morgan fingerprint density at radius 1 is 1.23 bits per heavy atom. The SMILES string of the molecule is CC(Cn1ccnc1)C(=O)N1CCC(C)(N2CCCC2)CC1. The highest BCUT2D eigenvalue weighted by atomic mass is 16.2. The van der Waals surface area contributed by atoms with Crippen molar-refractivity contribution < 1.29 is 4.79 Å². The number of carbonyl (C=O) groups is 1. The van der Waals surface area contributed by atoms with Gasteiger partial charge in [0.2, 0.25) is 5.91 Å². The average Bonchev–Trinajstić information content (AvgIpc) is 3.21. The number of hydrogen-bond donors (Lipinski definition) is 0. The van der Waals surface area contributed by atoms with Crippen molar-refractivity contribution in [1.82, 2.24) is 19.4 Å². The molecule has 2 saturated heterocycles. The second kappa shape index (κ2) is 6.41. The molecule has 0 aliphatic carbocycles. The molecule has 1 aromatic heterocycles. The molecule has 3 rings (SSSR count). The maximum atomic E-state index is 12.6. The normalized spacial score (nSPS) is 23.6. The second-order valence-corrected chi connectivity index (χ2v) is 7.18. The summed E-state index contributed by atoms with van der Waals surface area (Å²) in [4.78, 5) is 21.4. The van der Waals surface area contributed by atoms with Crippen LogP contribution in [0.4, 0.5) is 0 Å². The van der Waals surface area contributed by atoms with Crippen LogP contribution in [0.3, 0.4) is 0 Å². The predicted octanol–water partition coefficient (Wildman–Crippen LogP) is 2.00. The summed E-state index contributed by atoms with van der Waals surface area (Å²) in [6, 6.07) is 0. The van der Waals surface area contributed by atoms with Gasteiger partial charge in [-0.15, -0.1) is 0 Å². The minimum atomic E-state index is 0.0188. The van der Waals surface area contributed by atoms with Crippen molar-refractivity contribution in [2.45, 2.75) is 51.6 Å². The van der Waals surface area contributed by atoms with Gasteiger partial charge in [0.15, 0.2) is 0 Å². The smallest absolute Gasteiger partial charge is 0.227 e. The fourth-order valence-electron chi connectivity index (χ4n) is 3.88. The molecule has 1 atom stereocenters. The van der Waals surface area contributed by atoms with E-state index in [0.717, 1.165) is 32.5 Å². The van der Waals surface area contributed by atoms with Crippen molar-refractivity contribution in [2.75, 3.05) is 26.2 Å². The lowest BCUT2D eigenvalue weighted by atomic mass is 9.87. The van der Waals surface area contributed by atoms with Gasteiger partial charge in [-0.05, 0) is 45.7 Å². The molecule has 2 aliphatic heterocycles. The molecule has 1 unspecified atom stereocenters. The second-order valence-electron chi connectivity index (χ2n) is 7.18. The minimum Gasteiger partial charge on any atom is -0.342 e. The van der Waals surface area contributed by atoms with Crippen molar-refractivity contribution >= 4 is 5.91 Å². The Morgan fingerprint density at radius 2 is 1.91 bits per heavy atom. The van der Waals surface area contributed by atoms with Crippen LogP contribution in [-0.2, 0) is 11.3 Å². The number of likely N-dealkylation sites (tertiary alicyclic amines) is 2. The average molecular weight is 304 g/mol. The third-order valence-corrected chi connectivity index (χ3v) is 5.49. The zero-order valence-electron chi connectivity index (χ0n) is 13.9. The number of aromatic nitrogens is 2. The van der Waals surface area contributed by atoms with Gasteiger partial charge in [0.05, 0.1) is 12.2 Å². The Morgan fingerprint density at radius 3 is 2.50 bits per heavy atom. The molecular weight excluding hydrogens is 276 g/mol. The first-order valence-corrected chi connectivity index (χ1v) is 8.58. The third kappa shape index (κ3) is 3.19. The van der Waals surface area contributed by atoms with Crippen LogP contribution in [0.1, 0.15) is 39.5 Å². The molecular formula is C17H28N4O. The monoisotopic (exact) mass is 304 g/mol. The Balaban J connectivity index is 1.53. The molecule has 3 heterocycles. The van der Waals surface area contributed by atoms with Gasteiger partial charge in [0.25, 0.3) is 0 Å². The van der Waals surface area contributed by atoms with Crippen LogP contribution in [0.15, 0.2) is 18.7 Å². The van der Waals surface area contributed by atoms with Gasteiger partial charge in [-0.2, -0.15) is 0 Å². The molecule has 0 spiro atoms. The van der Waals surface area contributed by atoms with Crippen molar-refractivity contribution in [3.63, 3.8) is 0 Å². The zero-order chi connectivity index (χ0) is 15.6. The van der Waals surface area contributed by atoms with Crippen LogP contribution in [0, 0.1) is 5.92 Å². The quantitative estimate of drug-likeness (QED) is 0.854. The lowest BCUT2D eigenvalue weighted by Gasteiger charge is -2.45. The summed E-state index contributed by atoms with van der Waals surface area (Å²) in [7, 11) is 0. The molecule has 0 saturated carbocycles. The molecule has 0 radical (unpaired) electrons. The topological polar surface area (TPSA) is 41.4 Å². The first-order chi connectivity index (χ1) is 10.6. The van der Waals surface area contributed by atoms with Gasteiger partial charge in [-0.25, -0.2) is 4.98 Å². The van der Waals surface area contributed by atoms with Gasteiger partial charge < -0.3 is 9.47 Å². The largest absolute Gasteiger partial charge is 0.342 e. The van der Waals surface area contributed by atoms with Crippen molar-refractivity contribution in [3.8, 4) is 0 Å². The summed E-state index contributed by atoms with van der Waals surface area (Å²) in [6.45, 7) is 9.41. The summed E-state index contributed by atoms with van der Waals surface area (Å²) in [5.41, 5.74) is 0.306. The maximum Gasteiger partial charge on any atom is 0.227 e. The first-order valence-electron chi connectivity index (χ1n) is 8.58. The molecule has 0 bridgehead atoms. The number of imidazole rings is 1. The van der Waals surface area contributed by atoms with Crippen LogP contribution >= 0.6 is 0 Å². The summed E-state index contributed by atoms with van der Waals surface area (Å²) < 4.78 is 1.99. The van der Waals surface area contributed by atoms with E-state index in [1.807, 2.05) is 17.7 Å². The molecule has 1 aromatic rings. The van der Waals surface area contributed by atoms with E-state index in [0.29, 0.717) is 5.54 Å². The van der Waals surface area contributed by atoms with E-state index in [9.17, 15) is 4.79 Å². The number of carbonyl (C=O) groups excluding carboxylic acids is 1. The number of amides is 1. The van der Waals surface area contributed by atoms with Crippen molar-refractivity contribution in [2.24, 2.45) is 5.92 Å². The van der Waals surface area contributed by atoms with Crippen molar-refractivity contribution in [1.29, 1.82) is 0 Å². The highest BCUT2D eigenvalue weighted by Gasteiger charge is 2.38. The van der Waals surface area contributed by atoms with E-state index < -0.39 is 0 Å².